The summed E-state index contributed by atoms with van der Waals surface area (Å²) in [6, 6.07) is 21.8. The van der Waals surface area contributed by atoms with Crippen LogP contribution in [0.2, 0.25) is 0 Å². The Morgan fingerprint density at radius 2 is 1.62 bits per heavy atom. The van der Waals surface area contributed by atoms with Gasteiger partial charge in [0.1, 0.15) is 16.2 Å². The summed E-state index contributed by atoms with van der Waals surface area (Å²) in [6.45, 7) is 0. The van der Waals surface area contributed by atoms with Gasteiger partial charge in [-0.2, -0.15) is 0 Å². The summed E-state index contributed by atoms with van der Waals surface area (Å²) in [7, 11) is 4.70. The first-order valence-electron chi connectivity index (χ1n) is 10.7. The first-order chi connectivity index (χ1) is 16.5. The van der Waals surface area contributed by atoms with Crippen molar-refractivity contribution >= 4 is 33.6 Å². The summed E-state index contributed by atoms with van der Waals surface area (Å²) < 4.78 is 7.75. The number of aryl methyl sites for hydroxylation is 1. The van der Waals surface area contributed by atoms with Crippen molar-refractivity contribution in [2.45, 2.75) is 10.8 Å². The van der Waals surface area contributed by atoms with Crippen LogP contribution in [0.1, 0.15) is 5.56 Å². The van der Waals surface area contributed by atoms with E-state index in [4.69, 9.17) is 9.72 Å². The summed E-state index contributed by atoms with van der Waals surface area (Å²) in [6.07, 6.45) is 0. The first kappa shape index (κ1) is 21.9. The topological polar surface area (TPSA) is 79.0 Å². The third kappa shape index (κ3) is 3.76. The summed E-state index contributed by atoms with van der Waals surface area (Å²) in [5.74, 6) is 1.77. The van der Waals surface area contributed by atoms with Gasteiger partial charge < -0.3 is 4.74 Å². The molecule has 8 heteroatoms. The summed E-state index contributed by atoms with van der Waals surface area (Å²) in [5, 5.41) is 3.20. The van der Waals surface area contributed by atoms with Crippen LogP contribution in [0.5, 0.6) is 5.75 Å². The highest BCUT2D eigenvalue weighted by Gasteiger charge is 2.18. The molecular weight excluding hydrogens is 448 g/mol. The van der Waals surface area contributed by atoms with E-state index in [2.05, 4.69) is 29.2 Å². The van der Waals surface area contributed by atoms with Crippen LogP contribution in [0, 0.1) is 0 Å². The molecule has 170 valence electrons. The Hall–Kier alpha value is -3.91. The quantitative estimate of drug-likeness (QED) is 0.284. The Labute approximate surface area is 199 Å². The van der Waals surface area contributed by atoms with Crippen LogP contribution in [0.25, 0.3) is 33.2 Å². The molecule has 0 saturated heterocycles. The van der Waals surface area contributed by atoms with Crippen LogP contribution < -0.4 is 16.0 Å². The predicted molar refractivity (Wildman–Crippen MR) is 136 cm³/mol. The highest BCUT2D eigenvalue weighted by molar-refractivity contribution is 7.98. The molecule has 0 fully saturated rings. The van der Waals surface area contributed by atoms with Gasteiger partial charge in [0.15, 0.2) is 11.5 Å². The lowest BCUT2D eigenvalue weighted by molar-refractivity contribution is 0.415. The number of thioether (sulfide) groups is 1. The molecular formula is C26H22N4O3S. The molecule has 0 aliphatic rings. The largest absolute Gasteiger partial charge is 0.497 e. The van der Waals surface area contributed by atoms with Crippen molar-refractivity contribution in [3.63, 3.8) is 0 Å². The van der Waals surface area contributed by atoms with Crippen LogP contribution >= 0.6 is 11.8 Å². The minimum Gasteiger partial charge on any atom is -0.497 e. The van der Waals surface area contributed by atoms with Gasteiger partial charge >= 0.3 is 5.69 Å². The molecule has 5 rings (SSSR count). The Kier molecular flexibility index (Phi) is 5.67. The monoisotopic (exact) mass is 470 g/mol. The molecule has 3 aromatic carbocycles. The fourth-order valence-electron chi connectivity index (χ4n) is 3.97. The number of hydrogen-bond donors (Lipinski definition) is 0. The van der Waals surface area contributed by atoms with Gasteiger partial charge in [0.2, 0.25) is 0 Å². The molecule has 34 heavy (non-hydrogen) atoms. The highest BCUT2D eigenvalue weighted by Crippen LogP contribution is 2.31. The van der Waals surface area contributed by atoms with Crippen molar-refractivity contribution in [1.29, 1.82) is 0 Å². The molecule has 0 amide bonds. The molecule has 0 unspecified atom stereocenters. The van der Waals surface area contributed by atoms with E-state index >= 15 is 0 Å². The lowest BCUT2D eigenvalue weighted by Crippen LogP contribution is -2.37. The lowest BCUT2D eigenvalue weighted by Gasteiger charge is -2.13. The minimum absolute atomic E-state index is 0.314. The lowest BCUT2D eigenvalue weighted by atomic mass is 10.1. The number of benzene rings is 3. The fourth-order valence-corrected chi connectivity index (χ4v) is 4.98. The Balaban J connectivity index is 1.68. The number of rotatable bonds is 5. The van der Waals surface area contributed by atoms with E-state index in [0.717, 1.165) is 32.2 Å². The second-order valence-corrected chi connectivity index (χ2v) is 8.88. The van der Waals surface area contributed by atoms with Crippen molar-refractivity contribution < 1.29 is 4.74 Å². The molecule has 2 heterocycles. The second kappa shape index (κ2) is 8.79. The maximum Gasteiger partial charge on any atom is 0.332 e. The third-order valence-corrected chi connectivity index (χ3v) is 6.88. The number of fused-ring (bicyclic) bond motifs is 2. The molecule has 0 radical (unpaired) electrons. The van der Waals surface area contributed by atoms with Crippen LogP contribution in [-0.4, -0.2) is 26.2 Å². The van der Waals surface area contributed by atoms with E-state index < -0.39 is 11.2 Å². The van der Waals surface area contributed by atoms with E-state index in [-0.39, 0.29) is 0 Å². The molecule has 0 N–H and O–H groups in total. The van der Waals surface area contributed by atoms with Crippen molar-refractivity contribution in [3.05, 3.63) is 93.1 Å². The van der Waals surface area contributed by atoms with Gasteiger partial charge in [0.05, 0.1) is 7.11 Å². The SMILES string of the molecule is COc1ccc(-c2nc(SCc3cccc4ccccc34)c3c(=O)n(C)c(=O)n(C)c3n2)cc1. The molecule has 7 nitrogen and oxygen atoms in total. The van der Waals surface area contributed by atoms with E-state index in [0.29, 0.717) is 27.6 Å². The van der Waals surface area contributed by atoms with Crippen molar-refractivity contribution in [1.82, 2.24) is 19.1 Å². The zero-order chi connectivity index (χ0) is 23.8. The van der Waals surface area contributed by atoms with Crippen LogP contribution in [0.3, 0.4) is 0 Å². The molecule has 0 atom stereocenters. The highest BCUT2D eigenvalue weighted by atomic mass is 32.2. The number of hydrogen-bond acceptors (Lipinski definition) is 6. The van der Waals surface area contributed by atoms with E-state index in [1.807, 2.05) is 42.5 Å². The molecule has 0 spiro atoms. The van der Waals surface area contributed by atoms with Crippen molar-refractivity contribution in [3.8, 4) is 17.1 Å². The normalized spacial score (nSPS) is 11.3. The van der Waals surface area contributed by atoms with E-state index in [1.54, 1.807) is 14.2 Å². The number of ether oxygens (including phenoxy) is 1. The van der Waals surface area contributed by atoms with Crippen LogP contribution in [-0.2, 0) is 19.8 Å². The Morgan fingerprint density at radius 3 is 2.38 bits per heavy atom. The molecule has 0 bridgehead atoms. The zero-order valence-electron chi connectivity index (χ0n) is 19.0. The second-order valence-electron chi connectivity index (χ2n) is 7.91. The molecule has 0 aliphatic heterocycles. The molecule has 0 saturated carbocycles. The minimum atomic E-state index is -0.429. The van der Waals surface area contributed by atoms with Gasteiger partial charge in [0.25, 0.3) is 5.56 Å². The molecule has 5 aromatic rings. The average Bonchev–Trinajstić information content (AvgIpc) is 2.89. The predicted octanol–water partition coefficient (Wildman–Crippen LogP) is 4.15. The Bertz CT molecular complexity index is 1650. The molecule has 0 aliphatic carbocycles. The van der Waals surface area contributed by atoms with Crippen LogP contribution in [0.4, 0.5) is 0 Å². The van der Waals surface area contributed by atoms with E-state index in [9.17, 15) is 9.59 Å². The molecule has 2 aromatic heterocycles. The standard InChI is InChI=1S/C26H22N4O3S/c1-29-23-21(25(31)30(2)26(29)32)24(28-22(27-23)17-11-13-19(33-3)14-12-17)34-15-18-9-6-8-16-7-4-5-10-20(16)18/h4-14H,15H2,1-3H3. The van der Waals surface area contributed by atoms with E-state index in [1.165, 1.54) is 23.4 Å². The van der Waals surface area contributed by atoms with Gasteiger partial charge in [-0.1, -0.05) is 42.5 Å². The third-order valence-electron chi connectivity index (χ3n) is 5.86. The maximum absolute atomic E-state index is 13.1. The summed E-state index contributed by atoms with van der Waals surface area (Å²) >= 11 is 1.47. The first-order valence-corrected chi connectivity index (χ1v) is 11.7. The van der Waals surface area contributed by atoms with Gasteiger partial charge in [-0.25, -0.2) is 14.8 Å². The summed E-state index contributed by atoms with van der Waals surface area (Å²) in [5.41, 5.74) is 1.39. The zero-order valence-corrected chi connectivity index (χ0v) is 19.8. The van der Waals surface area contributed by atoms with Gasteiger partial charge in [-0.15, -0.1) is 11.8 Å². The average molecular weight is 471 g/mol. The maximum atomic E-state index is 13.1. The van der Waals surface area contributed by atoms with Gasteiger partial charge in [-0.05, 0) is 40.6 Å². The van der Waals surface area contributed by atoms with Gasteiger partial charge in [-0.3, -0.25) is 13.9 Å². The number of methoxy groups -OCH3 is 1. The van der Waals surface area contributed by atoms with Crippen molar-refractivity contribution in [2.24, 2.45) is 14.1 Å². The Morgan fingerprint density at radius 1 is 0.882 bits per heavy atom. The van der Waals surface area contributed by atoms with Crippen LogP contribution in [0.15, 0.2) is 81.3 Å². The smallest absolute Gasteiger partial charge is 0.332 e. The van der Waals surface area contributed by atoms with Crippen molar-refractivity contribution in [2.75, 3.05) is 7.11 Å². The summed E-state index contributed by atoms with van der Waals surface area (Å²) in [4.78, 5) is 35.1. The number of aromatic nitrogens is 4. The van der Waals surface area contributed by atoms with Gasteiger partial charge in [0, 0.05) is 25.4 Å². The number of nitrogens with zero attached hydrogens (tertiary/aromatic N) is 4. The fraction of sp³-hybridized carbons (Fsp3) is 0.154.